The maximum Gasteiger partial charge on any atom is 0.261 e. The molecule has 3 nitrogen and oxygen atoms in total. The van der Waals surface area contributed by atoms with Gasteiger partial charge in [-0.1, -0.05) is 77.9 Å². The Morgan fingerprint density at radius 1 is 0.786 bits per heavy atom. The number of amides is 1. The molecule has 2 aromatic carbocycles. The molecule has 3 heteroatoms. The van der Waals surface area contributed by atoms with Gasteiger partial charge in [0.1, 0.15) is 5.75 Å². The van der Waals surface area contributed by atoms with Crippen molar-refractivity contribution in [3.05, 3.63) is 65.2 Å². The van der Waals surface area contributed by atoms with Gasteiger partial charge in [0.05, 0.1) is 6.04 Å². The van der Waals surface area contributed by atoms with E-state index in [-0.39, 0.29) is 22.8 Å². The molecule has 0 unspecified atom stereocenters. The van der Waals surface area contributed by atoms with Crippen LogP contribution in [0.2, 0.25) is 0 Å². The lowest BCUT2D eigenvalue weighted by Gasteiger charge is -2.22. The van der Waals surface area contributed by atoms with Gasteiger partial charge in [0.25, 0.3) is 5.91 Å². The summed E-state index contributed by atoms with van der Waals surface area (Å²) in [5.74, 6) is 0.588. The van der Waals surface area contributed by atoms with Crippen LogP contribution in [0.25, 0.3) is 0 Å². The summed E-state index contributed by atoms with van der Waals surface area (Å²) in [5, 5.41) is 3.05. The summed E-state index contributed by atoms with van der Waals surface area (Å²) in [4.78, 5) is 12.5. The molecule has 1 amide bonds. The van der Waals surface area contributed by atoms with Crippen molar-refractivity contribution in [2.24, 2.45) is 0 Å². The van der Waals surface area contributed by atoms with Gasteiger partial charge in [-0.05, 0) is 53.5 Å². The van der Waals surface area contributed by atoms with Gasteiger partial charge < -0.3 is 10.1 Å². The number of hydrogen-bond donors (Lipinski definition) is 1. The molecule has 2 atom stereocenters. The first kappa shape index (κ1) is 22.0. The van der Waals surface area contributed by atoms with Crippen LogP contribution in [0.4, 0.5) is 0 Å². The molecule has 28 heavy (non-hydrogen) atoms. The molecule has 152 valence electrons. The van der Waals surface area contributed by atoms with E-state index in [0.29, 0.717) is 5.75 Å². The third-order valence-electron chi connectivity index (χ3n) is 5.04. The topological polar surface area (TPSA) is 38.3 Å². The van der Waals surface area contributed by atoms with E-state index in [2.05, 4.69) is 83.3 Å². The Labute approximate surface area is 170 Å². The van der Waals surface area contributed by atoms with Crippen molar-refractivity contribution in [1.82, 2.24) is 5.32 Å². The first-order valence-corrected chi connectivity index (χ1v) is 10.1. The van der Waals surface area contributed by atoms with Crippen molar-refractivity contribution < 1.29 is 9.53 Å². The zero-order valence-electron chi connectivity index (χ0n) is 18.6. The fourth-order valence-corrected chi connectivity index (χ4v) is 2.98. The summed E-state index contributed by atoms with van der Waals surface area (Å²) in [6, 6.07) is 16.3. The molecule has 0 aromatic heterocycles. The minimum Gasteiger partial charge on any atom is -0.481 e. The predicted octanol–water partition coefficient (Wildman–Crippen LogP) is 5.93. The van der Waals surface area contributed by atoms with Crippen LogP contribution in [0.3, 0.4) is 0 Å². The molecular weight excluding hydrogens is 346 g/mol. The van der Waals surface area contributed by atoms with Gasteiger partial charge in [0.15, 0.2) is 6.10 Å². The standard InChI is InChI=1S/C25H35NO2/c1-17(19-9-11-20(12-10-19)24(3,4)5)26-23(27)18(2)28-22-15-13-21(14-16-22)25(6,7)8/h9-18H,1-8H3,(H,26,27)/t17-,18+/m1/s1. The normalized spacial score (nSPS) is 14.3. The Kier molecular flexibility index (Phi) is 6.59. The van der Waals surface area contributed by atoms with Crippen LogP contribution in [0, 0.1) is 0 Å². The molecular formula is C25H35NO2. The van der Waals surface area contributed by atoms with Crippen molar-refractivity contribution in [2.75, 3.05) is 0 Å². The second-order valence-electron chi connectivity index (χ2n) is 9.64. The summed E-state index contributed by atoms with van der Waals surface area (Å²) in [5.41, 5.74) is 3.83. The second kappa shape index (κ2) is 8.38. The van der Waals surface area contributed by atoms with Gasteiger partial charge in [0.2, 0.25) is 0 Å². The second-order valence-corrected chi connectivity index (χ2v) is 9.64. The number of hydrogen-bond acceptors (Lipinski definition) is 2. The van der Waals surface area contributed by atoms with E-state index in [1.165, 1.54) is 11.1 Å². The van der Waals surface area contributed by atoms with Crippen molar-refractivity contribution in [3.8, 4) is 5.75 Å². The van der Waals surface area contributed by atoms with Gasteiger partial charge in [-0.3, -0.25) is 4.79 Å². The number of nitrogens with one attached hydrogen (secondary N) is 1. The molecule has 0 fully saturated rings. The third kappa shape index (κ3) is 5.85. The van der Waals surface area contributed by atoms with Crippen LogP contribution in [0.1, 0.15) is 78.1 Å². The van der Waals surface area contributed by atoms with Gasteiger partial charge in [-0.15, -0.1) is 0 Å². The Bertz CT molecular complexity index is 777. The maximum atomic E-state index is 12.5. The smallest absolute Gasteiger partial charge is 0.261 e. The quantitative estimate of drug-likeness (QED) is 0.697. The van der Waals surface area contributed by atoms with E-state index in [1.807, 2.05) is 19.1 Å². The van der Waals surface area contributed by atoms with E-state index in [9.17, 15) is 4.79 Å². The molecule has 0 aliphatic carbocycles. The molecule has 0 bridgehead atoms. The Hall–Kier alpha value is -2.29. The highest BCUT2D eigenvalue weighted by atomic mass is 16.5. The highest BCUT2D eigenvalue weighted by Gasteiger charge is 2.19. The Morgan fingerprint density at radius 3 is 1.64 bits per heavy atom. The van der Waals surface area contributed by atoms with Crippen LogP contribution >= 0.6 is 0 Å². The maximum absolute atomic E-state index is 12.5. The minimum absolute atomic E-state index is 0.0733. The first-order chi connectivity index (χ1) is 12.9. The number of carbonyl (C=O) groups excluding carboxylic acids is 1. The van der Waals surface area contributed by atoms with E-state index in [4.69, 9.17) is 4.74 Å². The number of carbonyl (C=O) groups is 1. The van der Waals surface area contributed by atoms with Crippen LogP contribution < -0.4 is 10.1 Å². The minimum atomic E-state index is -0.559. The zero-order chi connectivity index (χ0) is 21.1. The fourth-order valence-electron chi connectivity index (χ4n) is 2.98. The lowest BCUT2D eigenvalue weighted by Crippen LogP contribution is -2.37. The largest absolute Gasteiger partial charge is 0.481 e. The highest BCUT2D eigenvalue weighted by Crippen LogP contribution is 2.25. The number of ether oxygens (including phenoxy) is 1. The summed E-state index contributed by atoms with van der Waals surface area (Å²) < 4.78 is 5.83. The predicted molar refractivity (Wildman–Crippen MR) is 117 cm³/mol. The fraction of sp³-hybridized carbons (Fsp3) is 0.480. The lowest BCUT2D eigenvalue weighted by atomic mass is 9.86. The first-order valence-electron chi connectivity index (χ1n) is 10.1. The molecule has 0 radical (unpaired) electrons. The molecule has 2 rings (SSSR count). The summed E-state index contributed by atoms with van der Waals surface area (Å²) in [6.07, 6.45) is -0.559. The van der Waals surface area contributed by atoms with E-state index >= 15 is 0 Å². The lowest BCUT2D eigenvalue weighted by molar-refractivity contribution is -0.127. The highest BCUT2D eigenvalue weighted by molar-refractivity contribution is 5.81. The van der Waals surface area contributed by atoms with Crippen molar-refractivity contribution in [3.63, 3.8) is 0 Å². The summed E-state index contributed by atoms with van der Waals surface area (Å²) in [7, 11) is 0. The average molecular weight is 382 g/mol. The van der Waals surface area contributed by atoms with Gasteiger partial charge >= 0.3 is 0 Å². The molecule has 0 heterocycles. The molecule has 2 aromatic rings. The number of rotatable bonds is 5. The van der Waals surface area contributed by atoms with Crippen LogP contribution in [-0.4, -0.2) is 12.0 Å². The van der Waals surface area contributed by atoms with Gasteiger partial charge in [-0.2, -0.15) is 0 Å². The van der Waals surface area contributed by atoms with Crippen molar-refractivity contribution >= 4 is 5.91 Å². The van der Waals surface area contributed by atoms with Gasteiger partial charge in [0, 0.05) is 0 Å². The summed E-state index contributed by atoms with van der Waals surface area (Å²) >= 11 is 0. The van der Waals surface area contributed by atoms with Crippen molar-refractivity contribution in [1.29, 1.82) is 0 Å². The van der Waals surface area contributed by atoms with Gasteiger partial charge in [-0.25, -0.2) is 0 Å². The van der Waals surface area contributed by atoms with E-state index < -0.39 is 6.10 Å². The molecule has 0 aliphatic heterocycles. The molecule has 0 saturated heterocycles. The number of benzene rings is 2. The monoisotopic (exact) mass is 381 g/mol. The van der Waals surface area contributed by atoms with E-state index in [1.54, 1.807) is 6.92 Å². The Morgan fingerprint density at radius 2 is 1.21 bits per heavy atom. The van der Waals surface area contributed by atoms with Crippen LogP contribution in [0.5, 0.6) is 5.75 Å². The van der Waals surface area contributed by atoms with E-state index in [0.717, 1.165) is 5.56 Å². The Balaban J connectivity index is 1.96. The zero-order valence-corrected chi connectivity index (χ0v) is 18.6. The molecule has 1 N–H and O–H groups in total. The van der Waals surface area contributed by atoms with Crippen LogP contribution in [-0.2, 0) is 15.6 Å². The molecule has 0 saturated carbocycles. The molecule has 0 spiro atoms. The van der Waals surface area contributed by atoms with Crippen LogP contribution in [0.15, 0.2) is 48.5 Å². The summed E-state index contributed by atoms with van der Waals surface area (Å²) in [6.45, 7) is 16.9. The van der Waals surface area contributed by atoms with Crippen molar-refractivity contribution in [2.45, 2.75) is 78.4 Å². The third-order valence-corrected chi connectivity index (χ3v) is 5.04. The SMILES string of the molecule is C[C@H](Oc1ccc(C(C)(C)C)cc1)C(=O)N[C@H](C)c1ccc(C(C)(C)C)cc1. The average Bonchev–Trinajstić information content (AvgIpc) is 2.60. The molecule has 0 aliphatic rings.